The molecule has 0 saturated carbocycles. The summed E-state index contributed by atoms with van der Waals surface area (Å²) in [7, 11) is 0. The van der Waals surface area contributed by atoms with Crippen molar-refractivity contribution in [1.82, 2.24) is 10.1 Å². The van der Waals surface area contributed by atoms with Crippen molar-refractivity contribution in [2.75, 3.05) is 0 Å². The van der Waals surface area contributed by atoms with Gasteiger partial charge in [0.05, 0.1) is 5.69 Å². The molecule has 2 rings (SSSR count). The summed E-state index contributed by atoms with van der Waals surface area (Å²) in [5.41, 5.74) is 0.727. The van der Waals surface area contributed by atoms with Crippen LogP contribution in [0.4, 0.5) is 0 Å². The van der Waals surface area contributed by atoms with Gasteiger partial charge < -0.3 is 9.63 Å². The fourth-order valence-corrected chi connectivity index (χ4v) is 2.11. The Morgan fingerprint density at radius 1 is 1.50 bits per heavy atom. The van der Waals surface area contributed by atoms with Crippen molar-refractivity contribution in [2.45, 2.75) is 32.8 Å². The topological polar surface area (TPSA) is 59.2 Å². The minimum atomic E-state index is -1.00. The molecule has 2 aromatic heterocycles. The van der Waals surface area contributed by atoms with Crippen molar-refractivity contribution in [3.63, 3.8) is 0 Å². The smallest absolute Gasteiger partial charge is 0.168 e. The molecule has 0 aliphatic rings. The maximum atomic E-state index is 9.75. The largest absolute Gasteiger partial charge is 0.382 e. The summed E-state index contributed by atoms with van der Waals surface area (Å²) in [6, 6.07) is 1.73. The second kappa shape index (κ2) is 3.99. The molecular weight excluding hydrogens is 224 g/mol. The summed E-state index contributed by atoms with van der Waals surface area (Å²) in [5, 5.41) is 16.5. The lowest BCUT2D eigenvalue weighted by molar-refractivity contribution is 0.0476. The monoisotopic (exact) mass is 238 g/mol. The highest BCUT2D eigenvalue weighted by Gasteiger charge is 2.23. The van der Waals surface area contributed by atoms with Gasteiger partial charge in [0.2, 0.25) is 0 Å². The van der Waals surface area contributed by atoms with Gasteiger partial charge in [-0.1, -0.05) is 12.1 Å². The van der Waals surface area contributed by atoms with E-state index in [9.17, 15) is 5.11 Å². The molecular formula is C11H14N2O2S. The summed E-state index contributed by atoms with van der Waals surface area (Å²) < 4.78 is 5.09. The van der Waals surface area contributed by atoms with E-state index in [4.69, 9.17) is 4.52 Å². The normalized spacial score (nSPS) is 12.0. The molecule has 0 bridgehead atoms. The number of hydrogen-bond acceptors (Lipinski definition) is 5. The molecule has 86 valence electrons. The van der Waals surface area contributed by atoms with Crippen LogP contribution < -0.4 is 0 Å². The van der Waals surface area contributed by atoms with Gasteiger partial charge in [-0.05, 0) is 20.3 Å². The van der Waals surface area contributed by atoms with E-state index in [1.54, 1.807) is 19.9 Å². The van der Waals surface area contributed by atoms with Gasteiger partial charge >= 0.3 is 0 Å². The summed E-state index contributed by atoms with van der Waals surface area (Å²) in [5.74, 6) is 0.454. The van der Waals surface area contributed by atoms with Crippen LogP contribution in [0.2, 0.25) is 0 Å². The Labute approximate surface area is 97.9 Å². The van der Waals surface area contributed by atoms with Crippen molar-refractivity contribution < 1.29 is 9.63 Å². The molecule has 16 heavy (non-hydrogen) atoms. The molecule has 0 aliphatic carbocycles. The zero-order chi connectivity index (χ0) is 11.8. The van der Waals surface area contributed by atoms with E-state index in [1.165, 1.54) is 11.3 Å². The molecule has 0 amide bonds. The maximum Gasteiger partial charge on any atom is 0.168 e. The summed E-state index contributed by atoms with van der Waals surface area (Å²) in [6.45, 7) is 5.39. The minimum absolute atomic E-state index is 0.454. The van der Waals surface area contributed by atoms with Crippen molar-refractivity contribution in [1.29, 1.82) is 0 Å². The first-order valence-corrected chi connectivity index (χ1v) is 6.03. The van der Waals surface area contributed by atoms with Crippen molar-refractivity contribution in [2.24, 2.45) is 0 Å². The molecule has 5 heteroatoms. The maximum absolute atomic E-state index is 9.75. The number of aromatic nitrogens is 2. The van der Waals surface area contributed by atoms with Crippen LogP contribution in [0.25, 0.3) is 10.7 Å². The van der Waals surface area contributed by atoms with Gasteiger partial charge in [0.25, 0.3) is 0 Å². The van der Waals surface area contributed by atoms with Crippen molar-refractivity contribution in [3.8, 4) is 10.7 Å². The van der Waals surface area contributed by atoms with Gasteiger partial charge in [-0.15, -0.1) is 11.3 Å². The summed E-state index contributed by atoms with van der Waals surface area (Å²) >= 11 is 1.54. The fraction of sp³-hybridized carbons (Fsp3) is 0.455. The SMILES string of the molecule is CCc1csc(-c2cc(C(C)(C)O)on2)n1. The van der Waals surface area contributed by atoms with Crippen LogP contribution in [0.1, 0.15) is 32.2 Å². The van der Waals surface area contributed by atoms with Crippen LogP contribution in [-0.4, -0.2) is 15.2 Å². The summed E-state index contributed by atoms with van der Waals surface area (Å²) in [6.07, 6.45) is 0.909. The van der Waals surface area contributed by atoms with E-state index in [-0.39, 0.29) is 0 Å². The first-order chi connectivity index (χ1) is 7.50. The molecule has 0 saturated heterocycles. The molecule has 0 spiro atoms. The first-order valence-electron chi connectivity index (χ1n) is 5.15. The van der Waals surface area contributed by atoms with E-state index in [1.807, 2.05) is 5.38 Å². The third kappa shape index (κ3) is 2.15. The average Bonchev–Trinajstić information content (AvgIpc) is 2.85. The number of aryl methyl sites for hydroxylation is 1. The molecule has 0 radical (unpaired) electrons. The third-order valence-electron chi connectivity index (χ3n) is 2.25. The Bertz CT molecular complexity index is 482. The van der Waals surface area contributed by atoms with Gasteiger partial charge in [0.15, 0.2) is 5.76 Å². The number of nitrogens with zero attached hydrogens (tertiary/aromatic N) is 2. The van der Waals surface area contributed by atoms with Crippen molar-refractivity contribution >= 4 is 11.3 Å². The Kier molecular flexibility index (Phi) is 2.82. The lowest BCUT2D eigenvalue weighted by atomic mass is 10.1. The molecule has 2 heterocycles. The van der Waals surface area contributed by atoms with Crippen molar-refractivity contribution in [3.05, 3.63) is 22.9 Å². The first kappa shape index (κ1) is 11.3. The number of thiazole rings is 1. The fourth-order valence-electron chi connectivity index (χ4n) is 1.25. The minimum Gasteiger partial charge on any atom is -0.382 e. The van der Waals surface area contributed by atoms with Crippen LogP contribution in [0.3, 0.4) is 0 Å². The Morgan fingerprint density at radius 3 is 2.75 bits per heavy atom. The molecule has 4 nitrogen and oxygen atoms in total. The number of rotatable bonds is 3. The van der Waals surface area contributed by atoms with Crippen LogP contribution in [0.15, 0.2) is 16.0 Å². The van der Waals surface area contributed by atoms with E-state index in [0.29, 0.717) is 11.5 Å². The van der Waals surface area contributed by atoms with E-state index >= 15 is 0 Å². The van der Waals surface area contributed by atoms with Crippen LogP contribution in [0, 0.1) is 0 Å². The van der Waals surface area contributed by atoms with Gasteiger partial charge in [0.1, 0.15) is 16.3 Å². The quantitative estimate of drug-likeness (QED) is 0.892. The van der Waals surface area contributed by atoms with E-state index in [2.05, 4.69) is 17.1 Å². The van der Waals surface area contributed by atoms with Gasteiger partial charge in [-0.3, -0.25) is 0 Å². The molecule has 0 unspecified atom stereocenters. The lowest BCUT2D eigenvalue weighted by Gasteiger charge is -2.10. The number of hydrogen-bond donors (Lipinski definition) is 1. The Hall–Kier alpha value is -1.20. The molecule has 0 atom stereocenters. The zero-order valence-electron chi connectivity index (χ0n) is 9.52. The van der Waals surface area contributed by atoms with E-state index < -0.39 is 5.60 Å². The molecule has 0 fully saturated rings. The highest BCUT2D eigenvalue weighted by Crippen LogP contribution is 2.27. The molecule has 0 aromatic carbocycles. The summed E-state index contributed by atoms with van der Waals surface area (Å²) in [4.78, 5) is 4.41. The molecule has 1 N–H and O–H groups in total. The second-order valence-corrected chi connectivity index (χ2v) is 4.99. The predicted molar refractivity (Wildman–Crippen MR) is 62.2 cm³/mol. The van der Waals surface area contributed by atoms with Gasteiger partial charge in [0, 0.05) is 11.4 Å². The standard InChI is InChI=1S/C11H14N2O2S/c1-4-7-6-16-10(12-7)8-5-9(15-13-8)11(2,3)14/h5-6,14H,4H2,1-3H3. The third-order valence-corrected chi connectivity index (χ3v) is 3.16. The second-order valence-electron chi connectivity index (χ2n) is 4.13. The Balaban J connectivity index is 2.31. The highest BCUT2D eigenvalue weighted by molar-refractivity contribution is 7.13. The van der Waals surface area contributed by atoms with Crippen LogP contribution in [-0.2, 0) is 12.0 Å². The van der Waals surface area contributed by atoms with Crippen LogP contribution in [0.5, 0.6) is 0 Å². The lowest BCUT2D eigenvalue weighted by Crippen LogP contribution is -2.13. The van der Waals surface area contributed by atoms with Gasteiger partial charge in [-0.2, -0.15) is 0 Å². The number of aliphatic hydroxyl groups is 1. The average molecular weight is 238 g/mol. The molecule has 0 aliphatic heterocycles. The predicted octanol–water partition coefficient (Wildman–Crippen LogP) is 2.59. The van der Waals surface area contributed by atoms with Gasteiger partial charge in [-0.25, -0.2) is 4.98 Å². The Morgan fingerprint density at radius 2 is 2.25 bits per heavy atom. The highest BCUT2D eigenvalue weighted by atomic mass is 32.1. The molecule has 2 aromatic rings. The zero-order valence-corrected chi connectivity index (χ0v) is 10.3. The van der Waals surface area contributed by atoms with Crippen LogP contribution >= 0.6 is 11.3 Å². The van der Waals surface area contributed by atoms with E-state index in [0.717, 1.165) is 17.1 Å².